The third-order valence-electron chi connectivity index (χ3n) is 3.42. The molecule has 90 valence electrons. The molecule has 0 saturated carbocycles. The van der Waals surface area contributed by atoms with Gasteiger partial charge in [-0.05, 0) is 32.5 Å². The molecule has 1 fully saturated rings. The van der Waals surface area contributed by atoms with Crippen LogP contribution in [0.25, 0.3) is 0 Å². The third-order valence-corrected chi connectivity index (χ3v) is 3.42. The fourth-order valence-corrected chi connectivity index (χ4v) is 2.05. The number of likely N-dealkylation sites (tertiary alicyclic amines) is 1. The van der Waals surface area contributed by atoms with Crippen LogP contribution in [0.5, 0.6) is 0 Å². The van der Waals surface area contributed by atoms with Gasteiger partial charge in [-0.25, -0.2) is 0 Å². The van der Waals surface area contributed by atoms with Crippen molar-refractivity contribution in [1.29, 1.82) is 0 Å². The molecule has 0 aromatic carbocycles. The Hall–Kier alpha value is -0.290. The molecule has 0 spiro atoms. The molecule has 0 amide bonds. The summed E-state index contributed by atoms with van der Waals surface area (Å²) in [4.78, 5) is 2.10. The normalized spacial score (nSPS) is 25.2. The number of halogens is 3. The van der Waals surface area contributed by atoms with Crippen molar-refractivity contribution in [3.05, 3.63) is 0 Å². The molecule has 2 nitrogen and oxygen atoms in total. The van der Waals surface area contributed by atoms with Crippen LogP contribution in [0.15, 0.2) is 0 Å². The summed E-state index contributed by atoms with van der Waals surface area (Å²) in [5.41, 5.74) is -1.01. The Morgan fingerprint density at radius 2 is 1.80 bits per heavy atom. The van der Waals surface area contributed by atoms with Gasteiger partial charge in [-0.1, -0.05) is 13.8 Å². The molecule has 5 heteroatoms. The van der Waals surface area contributed by atoms with Crippen LogP contribution >= 0.6 is 0 Å². The molecule has 15 heavy (non-hydrogen) atoms. The molecular formula is C10H18F3NO. The first-order valence-corrected chi connectivity index (χ1v) is 5.27. The Balaban J connectivity index is 2.62. The maximum absolute atomic E-state index is 12.4. The molecule has 1 aliphatic heterocycles. The van der Waals surface area contributed by atoms with E-state index in [1.165, 1.54) is 6.92 Å². The largest absolute Gasteiger partial charge is 0.414 e. The number of piperidine rings is 1. The fourth-order valence-electron chi connectivity index (χ4n) is 2.05. The van der Waals surface area contributed by atoms with E-state index in [1.807, 2.05) is 6.92 Å². The first kappa shape index (κ1) is 12.8. The van der Waals surface area contributed by atoms with Gasteiger partial charge in [0.05, 0.1) is 0 Å². The molecule has 1 atom stereocenters. The average molecular weight is 225 g/mol. The zero-order valence-corrected chi connectivity index (χ0v) is 9.14. The molecule has 1 rings (SSSR count). The maximum atomic E-state index is 12.4. The summed E-state index contributed by atoms with van der Waals surface area (Å²) in [7, 11) is 0. The Morgan fingerprint density at radius 3 is 2.13 bits per heavy atom. The number of hydrogen-bond acceptors (Lipinski definition) is 2. The van der Waals surface area contributed by atoms with Crippen LogP contribution in [0.4, 0.5) is 13.2 Å². The predicted molar refractivity (Wildman–Crippen MR) is 51.5 cm³/mol. The highest BCUT2D eigenvalue weighted by Gasteiger charge is 2.50. The molecule has 1 saturated heterocycles. The Kier molecular flexibility index (Phi) is 3.66. The number of nitrogens with zero attached hydrogens (tertiary/aromatic N) is 1. The van der Waals surface area contributed by atoms with E-state index in [0.717, 1.165) is 6.54 Å². The first-order chi connectivity index (χ1) is 6.79. The lowest BCUT2D eigenvalue weighted by Crippen LogP contribution is -2.50. The van der Waals surface area contributed by atoms with Crippen LogP contribution in [-0.2, 0) is 0 Å². The second-order valence-corrected chi connectivity index (χ2v) is 4.53. The second-order valence-electron chi connectivity index (χ2n) is 4.53. The summed E-state index contributed by atoms with van der Waals surface area (Å²) >= 11 is 0. The third kappa shape index (κ3) is 2.84. The van der Waals surface area contributed by atoms with Crippen molar-refractivity contribution in [2.75, 3.05) is 19.6 Å². The highest BCUT2D eigenvalue weighted by atomic mass is 19.4. The molecule has 1 heterocycles. The van der Waals surface area contributed by atoms with Gasteiger partial charge in [0, 0.05) is 5.41 Å². The highest BCUT2D eigenvalue weighted by Crippen LogP contribution is 2.41. The standard InChI is InChI=1S/C10H18F3NO/c1-3-14-6-4-9(2,5-7-14)8(15)10(11,12)13/h8,15H,3-7H2,1-2H3. The van der Waals surface area contributed by atoms with Crippen LogP contribution in [0, 0.1) is 5.41 Å². The van der Waals surface area contributed by atoms with Crippen LogP contribution in [0.3, 0.4) is 0 Å². The van der Waals surface area contributed by atoms with E-state index >= 15 is 0 Å². The van der Waals surface area contributed by atoms with Crippen molar-refractivity contribution < 1.29 is 18.3 Å². The molecule has 0 bridgehead atoms. The van der Waals surface area contributed by atoms with E-state index in [4.69, 9.17) is 0 Å². The molecule has 1 unspecified atom stereocenters. The minimum absolute atomic E-state index is 0.404. The van der Waals surface area contributed by atoms with Gasteiger partial charge in [-0.2, -0.15) is 13.2 Å². The van der Waals surface area contributed by atoms with Crippen LogP contribution < -0.4 is 0 Å². The van der Waals surface area contributed by atoms with Crippen LogP contribution in [-0.4, -0.2) is 41.9 Å². The SMILES string of the molecule is CCN1CCC(C)(C(O)C(F)(F)F)CC1. The fraction of sp³-hybridized carbons (Fsp3) is 1.00. The van der Waals surface area contributed by atoms with E-state index in [1.54, 1.807) is 0 Å². The number of hydrogen-bond donors (Lipinski definition) is 1. The number of aliphatic hydroxyl groups excluding tert-OH is 1. The first-order valence-electron chi connectivity index (χ1n) is 5.27. The average Bonchev–Trinajstić information content (AvgIpc) is 2.16. The van der Waals surface area contributed by atoms with Gasteiger partial charge < -0.3 is 10.0 Å². The van der Waals surface area contributed by atoms with Gasteiger partial charge in [0.15, 0.2) is 6.10 Å². The molecule has 1 N–H and O–H groups in total. The van der Waals surface area contributed by atoms with E-state index < -0.39 is 17.7 Å². The topological polar surface area (TPSA) is 23.5 Å². The monoisotopic (exact) mass is 225 g/mol. The molecule has 0 radical (unpaired) electrons. The molecule has 0 aromatic heterocycles. The van der Waals surface area contributed by atoms with E-state index in [0.29, 0.717) is 25.9 Å². The van der Waals surface area contributed by atoms with Crippen molar-refractivity contribution in [3.8, 4) is 0 Å². The van der Waals surface area contributed by atoms with Gasteiger partial charge in [-0.15, -0.1) is 0 Å². The minimum atomic E-state index is -4.50. The quantitative estimate of drug-likeness (QED) is 0.777. The zero-order valence-electron chi connectivity index (χ0n) is 9.14. The summed E-state index contributed by atoms with van der Waals surface area (Å²) in [6, 6.07) is 0. The molecular weight excluding hydrogens is 207 g/mol. The predicted octanol–water partition coefficient (Wildman–Crippen LogP) is 2.03. The zero-order chi connectivity index (χ0) is 11.7. The van der Waals surface area contributed by atoms with Gasteiger partial charge >= 0.3 is 6.18 Å². The number of alkyl halides is 3. The van der Waals surface area contributed by atoms with Gasteiger partial charge in [0.25, 0.3) is 0 Å². The Morgan fingerprint density at radius 1 is 1.33 bits per heavy atom. The van der Waals surface area contributed by atoms with Crippen molar-refractivity contribution in [1.82, 2.24) is 4.90 Å². The molecule has 0 aromatic rings. The van der Waals surface area contributed by atoms with Crippen molar-refractivity contribution in [2.24, 2.45) is 5.41 Å². The van der Waals surface area contributed by atoms with E-state index in [9.17, 15) is 18.3 Å². The van der Waals surface area contributed by atoms with E-state index in [2.05, 4.69) is 4.90 Å². The highest BCUT2D eigenvalue weighted by molar-refractivity contribution is 4.91. The minimum Gasteiger partial charge on any atom is -0.383 e. The second kappa shape index (κ2) is 4.29. The summed E-state index contributed by atoms with van der Waals surface area (Å²) < 4.78 is 37.2. The van der Waals surface area contributed by atoms with Gasteiger partial charge in [-0.3, -0.25) is 0 Å². The van der Waals surface area contributed by atoms with E-state index in [-0.39, 0.29) is 0 Å². The summed E-state index contributed by atoms with van der Waals surface area (Å²) in [5, 5.41) is 9.29. The van der Waals surface area contributed by atoms with Gasteiger partial charge in [0.1, 0.15) is 0 Å². The number of aliphatic hydroxyl groups is 1. The lowest BCUT2D eigenvalue weighted by Gasteiger charge is -2.42. The summed E-state index contributed by atoms with van der Waals surface area (Å²) in [6.45, 7) is 5.65. The Bertz CT molecular complexity index is 209. The number of rotatable bonds is 2. The van der Waals surface area contributed by atoms with Crippen LogP contribution in [0.2, 0.25) is 0 Å². The summed E-state index contributed by atoms with van der Waals surface area (Å²) in [6.07, 6.45) is -5.88. The molecule has 1 aliphatic rings. The summed E-state index contributed by atoms with van der Waals surface area (Å²) in [5.74, 6) is 0. The van der Waals surface area contributed by atoms with Crippen molar-refractivity contribution in [3.63, 3.8) is 0 Å². The van der Waals surface area contributed by atoms with Crippen molar-refractivity contribution in [2.45, 2.75) is 39.0 Å². The van der Waals surface area contributed by atoms with Crippen molar-refractivity contribution >= 4 is 0 Å². The smallest absolute Gasteiger partial charge is 0.383 e. The lowest BCUT2D eigenvalue weighted by atomic mass is 9.75. The van der Waals surface area contributed by atoms with Crippen LogP contribution in [0.1, 0.15) is 26.7 Å². The Labute approximate surface area is 88.1 Å². The molecule has 0 aliphatic carbocycles. The van der Waals surface area contributed by atoms with Gasteiger partial charge in [0.2, 0.25) is 0 Å². The lowest BCUT2D eigenvalue weighted by molar-refractivity contribution is -0.242. The maximum Gasteiger partial charge on any atom is 0.414 e.